The van der Waals surface area contributed by atoms with E-state index >= 15 is 0 Å². The lowest BCUT2D eigenvalue weighted by Crippen LogP contribution is -2.32. The molecule has 7 heteroatoms. The number of aromatic nitrogens is 3. The van der Waals surface area contributed by atoms with Crippen molar-refractivity contribution in [3.8, 4) is 5.75 Å². The number of nitrogens with two attached hydrogens (primary N) is 1. The maximum atomic E-state index is 11.6. The minimum Gasteiger partial charge on any atom is -0.496 e. The number of hydrogen-bond donors (Lipinski definition) is 1. The summed E-state index contributed by atoms with van der Waals surface area (Å²) < 4.78 is 6.27. The first-order valence-electron chi connectivity index (χ1n) is 5.59. The number of methoxy groups -OCH3 is 1. The highest BCUT2D eigenvalue weighted by Crippen LogP contribution is 2.25. The van der Waals surface area contributed by atoms with Crippen LogP contribution in [0.4, 0.5) is 0 Å². The Bertz CT molecular complexity index is 642. The van der Waals surface area contributed by atoms with Gasteiger partial charge in [-0.25, -0.2) is 0 Å². The van der Waals surface area contributed by atoms with E-state index in [0.717, 1.165) is 16.0 Å². The Balaban J connectivity index is 2.19. The van der Waals surface area contributed by atoms with Crippen molar-refractivity contribution in [3.63, 3.8) is 0 Å². The van der Waals surface area contributed by atoms with E-state index in [0.29, 0.717) is 10.9 Å². The molecule has 0 atom stereocenters. The Labute approximate surface area is 114 Å². The second kappa shape index (κ2) is 5.75. The third kappa shape index (κ3) is 2.87. The van der Waals surface area contributed by atoms with Crippen molar-refractivity contribution in [3.05, 3.63) is 45.9 Å². The summed E-state index contributed by atoms with van der Waals surface area (Å²) in [6.07, 6.45) is 0. The molecule has 0 aliphatic heterocycles. The first-order valence-corrected chi connectivity index (χ1v) is 6.58. The van der Waals surface area contributed by atoms with Crippen LogP contribution in [0.5, 0.6) is 5.75 Å². The van der Waals surface area contributed by atoms with Gasteiger partial charge in [-0.2, -0.15) is 4.68 Å². The molecule has 0 saturated heterocycles. The highest BCUT2D eigenvalue weighted by atomic mass is 32.2. The van der Waals surface area contributed by atoms with Crippen molar-refractivity contribution in [1.29, 1.82) is 0 Å². The molecule has 2 rings (SSSR count). The van der Waals surface area contributed by atoms with Gasteiger partial charge in [0.15, 0.2) is 0 Å². The van der Waals surface area contributed by atoms with Crippen molar-refractivity contribution >= 4 is 11.8 Å². The Morgan fingerprint density at radius 2 is 2.11 bits per heavy atom. The van der Waals surface area contributed by atoms with Gasteiger partial charge in [0.1, 0.15) is 11.4 Å². The van der Waals surface area contributed by atoms with E-state index in [1.54, 1.807) is 14.0 Å². The van der Waals surface area contributed by atoms with E-state index in [2.05, 4.69) is 10.2 Å². The molecule has 2 aromatic rings. The zero-order chi connectivity index (χ0) is 13.8. The normalized spacial score (nSPS) is 10.4. The van der Waals surface area contributed by atoms with Gasteiger partial charge in [0.2, 0.25) is 5.16 Å². The molecule has 0 fully saturated rings. The van der Waals surface area contributed by atoms with E-state index in [-0.39, 0.29) is 11.3 Å². The first-order chi connectivity index (χ1) is 9.13. The summed E-state index contributed by atoms with van der Waals surface area (Å²) in [5, 5.41) is 8.07. The molecule has 100 valence electrons. The summed E-state index contributed by atoms with van der Waals surface area (Å²) in [4.78, 5) is 11.6. The van der Waals surface area contributed by atoms with E-state index < -0.39 is 0 Å². The third-order valence-electron chi connectivity index (χ3n) is 2.57. The molecule has 0 saturated carbocycles. The molecule has 19 heavy (non-hydrogen) atoms. The van der Waals surface area contributed by atoms with Crippen LogP contribution in [0, 0.1) is 6.92 Å². The molecule has 0 unspecified atom stereocenters. The van der Waals surface area contributed by atoms with Gasteiger partial charge >= 0.3 is 0 Å². The minimum absolute atomic E-state index is 0.282. The topological polar surface area (TPSA) is 83.0 Å². The molecule has 0 radical (unpaired) electrons. The number of nitrogen functional groups attached to an aromatic ring is 1. The maximum Gasteiger partial charge on any atom is 0.294 e. The molecule has 2 N–H and O–H groups in total. The lowest BCUT2D eigenvalue weighted by atomic mass is 10.2. The van der Waals surface area contributed by atoms with Gasteiger partial charge in [-0.15, -0.1) is 10.2 Å². The zero-order valence-electron chi connectivity index (χ0n) is 10.7. The molecule has 0 aliphatic rings. The largest absolute Gasteiger partial charge is 0.496 e. The Kier molecular flexibility index (Phi) is 4.06. The molecule has 0 spiro atoms. The molecule has 0 bridgehead atoms. The lowest BCUT2D eigenvalue weighted by molar-refractivity contribution is 0.411. The molecule has 1 aromatic carbocycles. The number of thioether (sulfide) groups is 1. The highest BCUT2D eigenvalue weighted by molar-refractivity contribution is 7.98. The predicted molar refractivity (Wildman–Crippen MR) is 73.7 cm³/mol. The van der Waals surface area contributed by atoms with Crippen LogP contribution in [0.15, 0.2) is 34.2 Å². The minimum atomic E-state index is -0.336. The van der Waals surface area contributed by atoms with Gasteiger partial charge in [0, 0.05) is 11.3 Å². The molecule has 6 nitrogen and oxygen atoms in total. The highest BCUT2D eigenvalue weighted by Gasteiger charge is 2.09. The van der Waals surface area contributed by atoms with E-state index in [1.807, 2.05) is 24.3 Å². The standard InChI is InChI=1S/C12H14N4O2S/c1-8-11(17)16(13)12(15-14-8)19-7-9-5-3-4-6-10(9)18-2/h3-6H,7,13H2,1-2H3. The number of ether oxygens (including phenoxy) is 1. The summed E-state index contributed by atoms with van der Waals surface area (Å²) in [5.74, 6) is 7.06. The fourth-order valence-electron chi connectivity index (χ4n) is 1.53. The average molecular weight is 278 g/mol. The number of aryl methyl sites for hydroxylation is 1. The van der Waals surface area contributed by atoms with Crippen LogP contribution in [-0.4, -0.2) is 22.0 Å². The van der Waals surface area contributed by atoms with E-state index in [4.69, 9.17) is 10.6 Å². The second-order valence-corrected chi connectivity index (χ2v) is 4.79. The Morgan fingerprint density at radius 3 is 2.84 bits per heavy atom. The van der Waals surface area contributed by atoms with Gasteiger partial charge in [-0.05, 0) is 13.0 Å². The molecule has 0 aliphatic carbocycles. The van der Waals surface area contributed by atoms with Crippen molar-refractivity contribution in [1.82, 2.24) is 14.9 Å². The van der Waals surface area contributed by atoms with Crippen molar-refractivity contribution in [2.24, 2.45) is 0 Å². The number of para-hydroxylation sites is 1. The van der Waals surface area contributed by atoms with Crippen LogP contribution in [0.1, 0.15) is 11.3 Å². The monoisotopic (exact) mass is 278 g/mol. The number of benzene rings is 1. The first kappa shape index (κ1) is 13.4. The summed E-state index contributed by atoms with van der Waals surface area (Å²) in [6, 6.07) is 7.66. The zero-order valence-corrected chi connectivity index (χ0v) is 11.5. The summed E-state index contributed by atoms with van der Waals surface area (Å²) in [6.45, 7) is 1.58. The van der Waals surface area contributed by atoms with Gasteiger partial charge in [0.05, 0.1) is 7.11 Å². The predicted octanol–water partition coefficient (Wildman–Crippen LogP) is 0.961. The SMILES string of the molecule is COc1ccccc1CSc1nnc(C)c(=O)n1N. The van der Waals surface area contributed by atoms with Crippen molar-refractivity contribution in [2.75, 3.05) is 13.0 Å². The third-order valence-corrected chi connectivity index (χ3v) is 3.56. The maximum absolute atomic E-state index is 11.6. The van der Waals surface area contributed by atoms with E-state index in [9.17, 15) is 4.79 Å². The smallest absolute Gasteiger partial charge is 0.294 e. The van der Waals surface area contributed by atoms with E-state index in [1.165, 1.54) is 11.8 Å². The molecule has 1 aromatic heterocycles. The van der Waals surface area contributed by atoms with Crippen LogP contribution in [0.2, 0.25) is 0 Å². The Hall–Kier alpha value is -2.02. The average Bonchev–Trinajstić information content (AvgIpc) is 2.44. The number of nitrogens with zero attached hydrogens (tertiary/aromatic N) is 3. The molecular formula is C12H14N4O2S. The van der Waals surface area contributed by atoms with Crippen LogP contribution in [0.3, 0.4) is 0 Å². The number of rotatable bonds is 4. The fourth-order valence-corrected chi connectivity index (χ4v) is 2.38. The number of hydrogen-bond acceptors (Lipinski definition) is 6. The van der Waals surface area contributed by atoms with Gasteiger partial charge in [0.25, 0.3) is 5.56 Å². The van der Waals surface area contributed by atoms with Gasteiger partial charge in [-0.1, -0.05) is 30.0 Å². The molecule has 0 amide bonds. The van der Waals surface area contributed by atoms with Crippen LogP contribution in [0.25, 0.3) is 0 Å². The lowest BCUT2D eigenvalue weighted by Gasteiger charge is -2.08. The Morgan fingerprint density at radius 1 is 1.37 bits per heavy atom. The van der Waals surface area contributed by atoms with Crippen molar-refractivity contribution in [2.45, 2.75) is 17.8 Å². The van der Waals surface area contributed by atoms with Gasteiger partial charge in [-0.3, -0.25) is 4.79 Å². The summed E-state index contributed by atoms with van der Waals surface area (Å²) in [7, 11) is 1.62. The molecule has 1 heterocycles. The van der Waals surface area contributed by atoms with Crippen LogP contribution in [-0.2, 0) is 5.75 Å². The molecular weight excluding hydrogens is 264 g/mol. The van der Waals surface area contributed by atoms with Crippen LogP contribution >= 0.6 is 11.8 Å². The summed E-state index contributed by atoms with van der Waals surface area (Å²) >= 11 is 1.34. The summed E-state index contributed by atoms with van der Waals surface area (Å²) in [5.41, 5.74) is 0.950. The van der Waals surface area contributed by atoms with Gasteiger partial charge < -0.3 is 10.6 Å². The van der Waals surface area contributed by atoms with Crippen LogP contribution < -0.4 is 16.1 Å². The van der Waals surface area contributed by atoms with Crippen molar-refractivity contribution < 1.29 is 4.74 Å². The second-order valence-electron chi connectivity index (χ2n) is 3.84. The fraction of sp³-hybridized carbons (Fsp3) is 0.250. The quantitative estimate of drug-likeness (QED) is 0.662.